The lowest BCUT2D eigenvalue weighted by molar-refractivity contribution is -0.113. The molecule has 0 radical (unpaired) electrons. The second-order valence-electron chi connectivity index (χ2n) is 11.5. The standard InChI is InChI=1S/C39H29F2N3O3S2/c40-31-15-11-27(12-16-31)25-43-36-20-19-33(23-34(36)35(39(43)45)24-37-42-21-22-48-37)49(46,47)44(26-28-13-17-32(41)18-14-28)38(29-7-3-1-4-8-29)30-9-5-2-6-10-30/h1-24,38H,25-26H2/b35-24+. The van der Waals surface area contributed by atoms with Gasteiger partial charge in [-0.15, -0.1) is 11.3 Å². The number of halogens is 2. The van der Waals surface area contributed by atoms with Crippen LogP contribution >= 0.6 is 11.3 Å². The summed E-state index contributed by atoms with van der Waals surface area (Å²) in [6, 6.07) is 34.4. The van der Waals surface area contributed by atoms with E-state index in [1.807, 2.05) is 60.7 Å². The lowest BCUT2D eigenvalue weighted by atomic mass is 9.98. The van der Waals surface area contributed by atoms with Gasteiger partial charge in [-0.3, -0.25) is 4.79 Å². The van der Waals surface area contributed by atoms with Gasteiger partial charge in [-0.2, -0.15) is 4.31 Å². The minimum atomic E-state index is -4.28. The Kier molecular flexibility index (Phi) is 9.01. The summed E-state index contributed by atoms with van der Waals surface area (Å²) >= 11 is 1.36. The number of rotatable bonds is 10. The van der Waals surface area contributed by atoms with Crippen LogP contribution in [0.2, 0.25) is 0 Å². The highest BCUT2D eigenvalue weighted by atomic mass is 32.2. The highest BCUT2D eigenvalue weighted by Gasteiger charge is 2.38. The van der Waals surface area contributed by atoms with Crippen molar-refractivity contribution < 1.29 is 22.0 Å². The average Bonchev–Trinajstić information content (AvgIpc) is 3.73. The van der Waals surface area contributed by atoms with E-state index < -0.39 is 21.9 Å². The number of aromatic nitrogens is 1. The van der Waals surface area contributed by atoms with E-state index in [4.69, 9.17) is 0 Å². The van der Waals surface area contributed by atoms with Crippen LogP contribution in [-0.4, -0.2) is 23.6 Å². The van der Waals surface area contributed by atoms with Gasteiger partial charge in [0, 0.05) is 23.7 Å². The van der Waals surface area contributed by atoms with Crippen LogP contribution in [0.4, 0.5) is 14.5 Å². The molecule has 0 saturated carbocycles. The Balaban J connectivity index is 1.37. The Labute approximate surface area is 287 Å². The molecule has 6 aromatic rings. The molecule has 2 heterocycles. The quantitative estimate of drug-likeness (QED) is 0.135. The minimum absolute atomic E-state index is 0.00769. The molecule has 10 heteroatoms. The number of carbonyl (C=O) groups is 1. The van der Waals surface area contributed by atoms with Crippen LogP contribution in [0.1, 0.15) is 38.9 Å². The Morgan fingerprint density at radius 1 is 0.776 bits per heavy atom. The number of nitrogens with zero attached hydrogens (tertiary/aromatic N) is 3. The third kappa shape index (κ3) is 6.71. The Bertz CT molecular complexity index is 2190. The first-order valence-corrected chi connectivity index (χ1v) is 17.8. The third-order valence-electron chi connectivity index (χ3n) is 8.37. The predicted molar refractivity (Wildman–Crippen MR) is 188 cm³/mol. The Morgan fingerprint density at radius 3 is 1.94 bits per heavy atom. The molecule has 244 valence electrons. The van der Waals surface area contributed by atoms with Gasteiger partial charge in [-0.1, -0.05) is 84.9 Å². The molecule has 0 saturated heterocycles. The van der Waals surface area contributed by atoms with Gasteiger partial charge in [0.25, 0.3) is 5.91 Å². The maximum atomic E-state index is 15.0. The van der Waals surface area contributed by atoms with E-state index in [0.717, 1.165) is 11.1 Å². The topological polar surface area (TPSA) is 70.6 Å². The molecule has 6 nitrogen and oxygen atoms in total. The molecule has 0 atom stereocenters. The fraction of sp³-hybridized carbons (Fsp3) is 0.0769. The summed E-state index contributed by atoms with van der Waals surface area (Å²) in [5, 5.41) is 2.39. The molecule has 49 heavy (non-hydrogen) atoms. The number of fused-ring (bicyclic) bond motifs is 1. The number of anilines is 1. The number of hydrogen-bond acceptors (Lipinski definition) is 5. The lowest BCUT2D eigenvalue weighted by Gasteiger charge is -2.32. The highest BCUT2D eigenvalue weighted by Crippen LogP contribution is 2.42. The molecule has 0 fully saturated rings. The van der Waals surface area contributed by atoms with Crippen molar-refractivity contribution in [2.24, 2.45) is 0 Å². The van der Waals surface area contributed by atoms with Crippen LogP contribution in [0.3, 0.4) is 0 Å². The SMILES string of the molecule is O=C1/C(=C/c2nccs2)c2cc(S(=O)(=O)N(Cc3ccc(F)cc3)C(c3ccccc3)c3ccccc3)ccc2N1Cc1ccc(F)cc1. The Hall–Kier alpha value is -5.29. The molecular formula is C39H29F2N3O3S2. The van der Waals surface area contributed by atoms with Crippen molar-refractivity contribution in [3.05, 3.63) is 183 Å². The van der Waals surface area contributed by atoms with Gasteiger partial charge in [0.05, 0.1) is 28.7 Å². The van der Waals surface area contributed by atoms with Crippen molar-refractivity contribution >= 4 is 44.6 Å². The number of benzene rings is 5. The van der Waals surface area contributed by atoms with Gasteiger partial charge < -0.3 is 4.90 Å². The normalized spacial score (nSPS) is 13.8. The molecule has 0 aliphatic carbocycles. The molecule has 7 rings (SSSR count). The summed E-state index contributed by atoms with van der Waals surface area (Å²) in [5.74, 6) is -1.13. The molecule has 1 amide bonds. The van der Waals surface area contributed by atoms with Gasteiger partial charge in [-0.25, -0.2) is 22.2 Å². The van der Waals surface area contributed by atoms with Crippen molar-refractivity contribution in [2.45, 2.75) is 24.0 Å². The first-order chi connectivity index (χ1) is 23.8. The summed E-state index contributed by atoms with van der Waals surface area (Å²) in [5.41, 5.74) is 4.11. The zero-order valence-electron chi connectivity index (χ0n) is 26.0. The van der Waals surface area contributed by atoms with E-state index in [2.05, 4.69) is 4.98 Å². The first kappa shape index (κ1) is 32.3. The number of hydrogen-bond donors (Lipinski definition) is 0. The molecular weight excluding hydrogens is 661 g/mol. The highest BCUT2D eigenvalue weighted by molar-refractivity contribution is 7.89. The van der Waals surface area contributed by atoms with Gasteiger partial charge in [0.2, 0.25) is 10.0 Å². The fourth-order valence-electron chi connectivity index (χ4n) is 6.01. The number of thiazole rings is 1. The summed E-state index contributed by atoms with van der Waals surface area (Å²) in [4.78, 5) is 19.9. The number of carbonyl (C=O) groups excluding carboxylic acids is 1. The molecule has 5 aromatic carbocycles. The summed E-state index contributed by atoms with van der Waals surface area (Å²) in [7, 11) is -4.28. The van der Waals surface area contributed by atoms with Gasteiger partial charge in [-0.05, 0) is 70.8 Å². The van der Waals surface area contributed by atoms with Crippen LogP contribution in [0.25, 0.3) is 11.6 Å². The molecule has 0 spiro atoms. The van der Waals surface area contributed by atoms with Crippen LogP contribution < -0.4 is 4.90 Å². The molecule has 0 N–H and O–H groups in total. The number of sulfonamides is 1. The minimum Gasteiger partial charge on any atom is -0.303 e. The predicted octanol–water partition coefficient (Wildman–Crippen LogP) is 8.49. The number of amides is 1. The van der Waals surface area contributed by atoms with Crippen molar-refractivity contribution in [3.8, 4) is 0 Å². The summed E-state index contributed by atoms with van der Waals surface area (Å²) in [6.07, 6.45) is 3.30. The first-order valence-electron chi connectivity index (χ1n) is 15.5. The molecule has 0 bridgehead atoms. The molecule has 0 unspecified atom stereocenters. The van der Waals surface area contributed by atoms with Crippen molar-refractivity contribution in [3.63, 3.8) is 0 Å². The fourth-order valence-corrected chi connectivity index (χ4v) is 8.20. The van der Waals surface area contributed by atoms with E-state index >= 15 is 0 Å². The monoisotopic (exact) mass is 689 g/mol. The van der Waals surface area contributed by atoms with Crippen LogP contribution in [-0.2, 0) is 27.9 Å². The summed E-state index contributed by atoms with van der Waals surface area (Å²) < 4.78 is 59.0. The van der Waals surface area contributed by atoms with E-state index in [1.165, 1.54) is 52.0 Å². The third-order valence-corrected chi connectivity index (χ3v) is 10.9. The van der Waals surface area contributed by atoms with E-state index in [0.29, 0.717) is 33.0 Å². The van der Waals surface area contributed by atoms with E-state index in [9.17, 15) is 22.0 Å². The molecule has 1 aromatic heterocycles. The zero-order chi connectivity index (χ0) is 34.0. The van der Waals surface area contributed by atoms with Gasteiger partial charge in [0.15, 0.2) is 0 Å². The van der Waals surface area contributed by atoms with E-state index in [1.54, 1.807) is 52.9 Å². The molecule has 1 aliphatic rings. The lowest BCUT2D eigenvalue weighted by Crippen LogP contribution is -2.35. The zero-order valence-corrected chi connectivity index (χ0v) is 27.6. The largest absolute Gasteiger partial charge is 0.303 e. The maximum Gasteiger partial charge on any atom is 0.259 e. The van der Waals surface area contributed by atoms with Gasteiger partial charge >= 0.3 is 0 Å². The second kappa shape index (κ2) is 13.7. The molecule has 1 aliphatic heterocycles. The second-order valence-corrected chi connectivity index (χ2v) is 14.3. The van der Waals surface area contributed by atoms with Crippen LogP contribution in [0.15, 0.2) is 144 Å². The summed E-state index contributed by atoms with van der Waals surface area (Å²) in [6.45, 7) is 0.111. The smallest absolute Gasteiger partial charge is 0.259 e. The van der Waals surface area contributed by atoms with Crippen LogP contribution in [0, 0.1) is 11.6 Å². The maximum absolute atomic E-state index is 15.0. The average molecular weight is 690 g/mol. The Morgan fingerprint density at radius 2 is 1.37 bits per heavy atom. The van der Waals surface area contributed by atoms with Crippen LogP contribution in [0.5, 0.6) is 0 Å². The van der Waals surface area contributed by atoms with E-state index in [-0.39, 0.29) is 29.7 Å². The van der Waals surface area contributed by atoms with Crippen molar-refractivity contribution in [1.29, 1.82) is 0 Å². The van der Waals surface area contributed by atoms with Gasteiger partial charge in [0.1, 0.15) is 16.6 Å². The van der Waals surface area contributed by atoms with Crippen molar-refractivity contribution in [2.75, 3.05) is 4.90 Å². The van der Waals surface area contributed by atoms with Crippen molar-refractivity contribution in [1.82, 2.24) is 9.29 Å².